The van der Waals surface area contributed by atoms with Crippen molar-refractivity contribution in [1.29, 1.82) is 0 Å². The molecule has 148 valence electrons. The summed E-state index contributed by atoms with van der Waals surface area (Å²) in [5.74, 6) is 1.30. The average molecular weight is 413 g/mol. The molecule has 8 heteroatoms. The Balaban J connectivity index is 1.74. The molecule has 0 fully saturated rings. The summed E-state index contributed by atoms with van der Waals surface area (Å²) in [5.41, 5.74) is 1.86. The van der Waals surface area contributed by atoms with Crippen LogP contribution in [0.5, 0.6) is 11.5 Å². The lowest BCUT2D eigenvalue weighted by atomic mass is 10.2. The van der Waals surface area contributed by atoms with Crippen LogP contribution >= 0.6 is 11.6 Å². The van der Waals surface area contributed by atoms with E-state index in [0.717, 1.165) is 11.1 Å². The number of halogens is 1. The Labute approximate surface area is 165 Å². The summed E-state index contributed by atoms with van der Waals surface area (Å²) in [6, 6.07) is 12.8. The summed E-state index contributed by atoms with van der Waals surface area (Å²) in [5, 5.41) is 3.93. The number of ether oxygens (including phenoxy) is 2. The molecule has 2 rings (SSSR count). The number of sulfonamides is 1. The molecular formula is C19H25ClN2O4S. The summed E-state index contributed by atoms with van der Waals surface area (Å²) < 4.78 is 37.4. The monoisotopic (exact) mass is 412 g/mol. The zero-order chi connectivity index (χ0) is 19.7. The summed E-state index contributed by atoms with van der Waals surface area (Å²) in [7, 11) is -0.257. The van der Waals surface area contributed by atoms with Crippen LogP contribution in [0.25, 0.3) is 0 Å². The van der Waals surface area contributed by atoms with Gasteiger partial charge in [0.25, 0.3) is 0 Å². The second kappa shape index (κ2) is 10.5. The van der Waals surface area contributed by atoms with E-state index in [1.54, 1.807) is 32.4 Å². The molecular weight excluding hydrogens is 388 g/mol. The molecule has 0 saturated carbocycles. The fourth-order valence-electron chi connectivity index (χ4n) is 2.48. The fraction of sp³-hybridized carbons (Fsp3) is 0.368. The van der Waals surface area contributed by atoms with E-state index in [4.69, 9.17) is 21.1 Å². The standard InChI is InChI=1S/C19H25ClN2O4S/c1-25-18-9-6-16(19(12-18)26-2)14-22-27(23,24)11-3-10-21-13-15-4-7-17(20)8-5-15/h4-9,12,21-22H,3,10-11,13-14H2,1-2H3. The van der Waals surface area contributed by atoms with Crippen molar-refractivity contribution in [2.75, 3.05) is 26.5 Å². The van der Waals surface area contributed by atoms with Gasteiger partial charge in [-0.15, -0.1) is 0 Å². The lowest BCUT2D eigenvalue weighted by molar-refractivity contribution is 0.390. The third-order valence-electron chi connectivity index (χ3n) is 3.99. The second-order valence-corrected chi connectivity index (χ2v) is 8.34. The first-order valence-corrected chi connectivity index (χ1v) is 10.6. The Morgan fingerprint density at radius 2 is 1.74 bits per heavy atom. The lowest BCUT2D eigenvalue weighted by Gasteiger charge is -2.12. The van der Waals surface area contributed by atoms with Crippen molar-refractivity contribution in [2.45, 2.75) is 19.5 Å². The maximum Gasteiger partial charge on any atom is 0.211 e. The molecule has 0 radical (unpaired) electrons. The summed E-state index contributed by atoms with van der Waals surface area (Å²) in [6.07, 6.45) is 0.517. The maximum atomic E-state index is 12.2. The van der Waals surface area contributed by atoms with E-state index in [0.29, 0.717) is 36.0 Å². The van der Waals surface area contributed by atoms with Gasteiger partial charge in [-0.05, 0) is 36.7 Å². The van der Waals surface area contributed by atoms with E-state index in [1.807, 2.05) is 24.3 Å². The summed E-state index contributed by atoms with van der Waals surface area (Å²) in [6.45, 7) is 1.46. The molecule has 0 spiro atoms. The Hall–Kier alpha value is -1.80. The van der Waals surface area contributed by atoms with Gasteiger partial charge < -0.3 is 14.8 Å². The number of hydrogen-bond donors (Lipinski definition) is 2. The van der Waals surface area contributed by atoms with Crippen LogP contribution in [0.2, 0.25) is 5.02 Å². The minimum atomic E-state index is -3.37. The fourth-order valence-corrected chi connectivity index (χ4v) is 3.65. The number of rotatable bonds is 11. The highest BCUT2D eigenvalue weighted by Crippen LogP contribution is 2.24. The van der Waals surface area contributed by atoms with Gasteiger partial charge in [0.1, 0.15) is 11.5 Å². The molecule has 2 N–H and O–H groups in total. The lowest BCUT2D eigenvalue weighted by Crippen LogP contribution is -2.28. The van der Waals surface area contributed by atoms with Crippen LogP contribution in [0.3, 0.4) is 0 Å². The molecule has 2 aromatic rings. The van der Waals surface area contributed by atoms with Gasteiger partial charge in [-0.25, -0.2) is 13.1 Å². The van der Waals surface area contributed by atoms with Crippen molar-refractivity contribution >= 4 is 21.6 Å². The summed E-state index contributed by atoms with van der Waals surface area (Å²) >= 11 is 5.85. The summed E-state index contributed by atoms with van der Waals surface area (Å²) in [4.78, 5) is 0. The first-order valence-electron chi connectivity index (χ1n) is 8.57. The molecule has 6 nitrogen and oxygen atoms in total. The van der Waals surface area contributed by atoms with Crippen LogP contribution in [0.4, 0.5) is 0 Å². The van der Waals surface area contributed by atoms with Crippen molar-refractivity contribution in [3.63, 3.8) is 0 Å². The zero-order valence-corrected chi connectivity index (χ0v) is 17.1. The molecule has 0 atom stereocenters. The minimum absolute atomic E-state index is 0.0547. The molecule has 0 aromatic heterocycles. The van der Waals surface area contributed by atoms with Crippen molar-refractivity contribution in [2.24, 2.45) is 0 Å². The highest BCUT2D eigenvalue weighted by Gasteiger charge is 2.12. The number of methoxy groups -OCH3 is 2. The molecule has 2 aromatic carbocycles. The minimum Gasteiger partial charge on any atom is -0.497 e. The van der Waals surface area contributed by atoms with Gasteiger partial charge in [-0.2, -0.15) is 0 Å². The van der Waals surface area contributed by atoms with Gasteiger partial charge in [0, 0.05) is 29.7 Å². The molecule has 0 saturated heterocycles. The zero-order valence-electron chi connectivity index (χ0n) is 15.5. The third kappa shape index (κ3) is 7.38. The predicted molar refractivity (Wildman–Crippen MR) is 108 cm³/mol. The van der Waals surface area contributed by atoms with Gasteiger partial charge >= 0.3 is 0 Å². The van der Waals surface area contributed by atoms with Gasteiger partial charge in [0.15, 0.2) is 0 Å². The average Bonchev–Trinajstić information content (AvgIpc) is 2.67. The number of benzene rings is 2. The Bertz CT molecular complexity index is 826. The smallest absolute Gasteiger partial charge is 0.211 e. The quantitative estimate of drug-likeness (QED) is 0.555. The van der Waals surface area contributed by atoms with E-state index in [2.05, 4.69) is 10.0 Å². The normalized spacial score (nSPS) is 11.4. The molecule has 0 aliphatic carbocycles. The van der Waals surface area contributed by atoms with E-state index < -0.39 is 10.0 Å². The van der Waals surface area contributed by atoms with Crippen molar-refractivity contribution in [3.05, 3.63) is 58.6 Å². The first-order chi connectivity index (χ1) is 12.9. The highest BCUT2D eigenvalue weighted by molar-refractivity contribution is 7.89. The Morgan fingerprint density at radius 3 is 2.41 bits per heavy atom. The first kappa shape index (κ1) is 21.5. The third-order valence-corrected chi connectivity index (χ3v) is 5.65. The van der Waals surface area contributed by atoms with Crippen LogP contribution < -0.4 is 19.5 Å². The van der Waals surface area contributed by atoms with Crippen molar-refractivity contribution in [1.82, 2.24) is 10.0 Å². The molecule has 0 bridgehead atoms. The van der Waals surface area contributed by atoms with Crippen LogP contribution in [-0.2, 0) is 23.1 Å². The number of hydrogen-bond acceptors (Lipinski definition) is 5. The van der Waals surface area contributed by atoms with Crippen LogP contribution in [0.1, 0.15) is 17.5 Å². The second-order valence-electron chi connectivity index (χ2n) is 5.97. The van der Waals surface area contributed by atoms with E-state index in [1.165, 1.54) is 0 Å². The molecule has 0 heterocycles. The molecule has 0 unspecified atom stereocenters. The van der Waals surface area contributed by atoms with E-state index in [9.17, 15) is 8.42 Å². The maximum absolute atomic E-state index is 12.2. The molecule has 0 amide bonds. The topological polar surface area (TPSA) is 76.7 Å². The van der Waals surface area contributed by atoms with Gasteiger partial charge in [0.2, 0.25) is 10.0 Å². The Morgan fingerprint density at radius 1 is 1.00 bits per heavy atom. The van der Waals surface area contributed by atoms with Crippen LogP contribution in [0, 0.1) is 0 Å². The van der Waals surface area contributed by atoms with Crippen LogP contribution in [0.15, 0.2) is 42.5 Å². The van der Waals surface area contributed by atoms with Gasteiger partial charge in [-0.1, -0.05) is 29.8 Å². The van der Waals surface area contributed by atoms with Crippen molar-refractivity contribution in [3.8, 4) is 11.5 Å². The number of nitrogens with one attached hydrogen (secondary N) is 2. The van der Waals surface area contributed by atoms with Crippen molar-refractivity contribution < 1.29 is 17.9 Å². The van der Waals surface area contributed by atoms with Gasteiger partial charge in [-0.3, -0.25) is 0 Å². The molecule has 27 heavy (non-hydrogen) atoms. The van der Waals surface area contributed by atoms with E-state index >= 15 is 0 Å². The molecule has 0 aliphatic rings. The Kier molecular flexibility index (Phi) is 8.37. The molecule has 0 aliphatic heterocycles. The van der Waals surface area contributed by atoms with Gasteiger partial charge in [0.05, 0.1) is 20.0 Å². The van der Waals surface area contributed by atoms with E-state index in [-0.39, 0.29) is 12.3 Å². The SMILES string of the molecule is COc1ccc(CNS(=O)(=O)CCCNCc2ccc(Cl)cc2)c(OC)c1. The predicted octanol–water partition coefficient (Wildman–Crippen LogP) is 2.96. The highest BCUT2D eigenvalue weighted by atomic mass is 35.5. The van der Waals surface area contributed by atoms with Crippen LogP contribution in [-0.4, -0.2) is 34.9 Å². The largest absolute Gasteiger partial charge is 0.497 e.